The van der Waals surface area contributed by atoms with Crippen molar-refractivity contribution in [1.29, 1.82) is 0 Å². The summed E-state index contributed by atoms with van der Waals surface area (Å²) in [5.41, 5.74) is 6.51. The summed E-state index contributed by atoms with van der Waals surface area (Å²) in [6.45, 7) is 2.04. The molecule has 0 aromatic carbocycles. The second-order valence-electron chi connectivity index (χ2n) is 4.01. The smallest absolute Gasteiger partial charge is 0.0850 e. The van der Waals surface area contributed by atoms with Crippen molar-refractivity contribution in [3.8, 4) is 0 Å². The molecular formula is C11H16ClN5S. The number of hydrazine groups is 1. The van der Waals surface area contributed by atoms with E-state index in [1.807, 2.05) is 24.9 Å². The van der Waals surface area contributed by atoms with E-state index in [4.69, 9.17) is 17.4 Å². The summed E-state index contributed by atoms with van der Waals surface area (Å²) < 4.78 is 1.83. The SMILES string of the molecule is CCc1nn(C)c(CC(NN)c2cncs2)c1Cl. The largest absolute Gasteiger partial charge is 0.271 e. The average molecular weight is 286 g/mol. The lowest BCUT2D eigenvalue weighted by molar-refractivity contribution is 0.536. The van der Waals surface area contributed by atoms with Crippen LogP contribution in [0.4, 0.5) is 0 Å². The molecule has 2 heterocycles. The van der Waals surface area contributed by atoms with Crippen molar-refractivity contribution in [1.82, 2.24) is 20.2 Å². The van der Waals surface area contributed by atoms with Gasteiger partial charge >= 0.3 is 0 Å². The van der Waals surface area contributed by atoms with Gasteiger partial charge in [0, 0.05) is 24.5 Å². The van der Waals surface area contributed by atoms with Crippen molar-refractivity contribution in [2.45, 2.75) is 25.8 Å². The zero-order valence-corrected chi connectivity index (χ0v) is 11.9. The molecule has 0 aliphatic rings. The van der Waals surface area contributed by atoms with Crippen LogP contribution in [0.3, 0.4) is 0 Å². The Labute approximate surface area is 115 Å². The molecule has 98 valence electrons. The molecular weight excluding hydrogens is 270 g/mol. The summed E-state index contributed by atoms with van der Waals surface area (Å²) in [6.07, 6.45) is 3.34. The summed E-state index contributed by atoms with van der Waals surface area (Å²) in [5, 5.41) is 5.14. The summed E-state index contributed by atoms with van der Waals surface area (Å²) in [7, 11) is 1.90. The molecule has 0 amide bonds. The number of nitrogens with zero attached hydrogens (tertiary/aromatic N) is 3. The first-order chi connectivity index (χ1) is 8.67. The van der Waals surface area contributed by atoms with Crippen molar-refractivity contribution in [2.24, 2.45) is 12.9 Å². The van der Waals surface area contributed by atoms with Gasteiger partial charge in [-0.15, -0.1) is 11.3 Å². The molecule has 1 atom stereocenters. The maximum Gasteiger partial charge on any atom is 0.0850 e. The highest BCUT2D eigenvalue weighted by Gasteiger charge is 2.19. The minimum Gasteiger partial charge on any atom is -0.271 e. The van der Waals surface area contributed by atoms with Gasteiger partial charge in [-0.3, -0.25) is 20.9 Å². The highest BCUT2D eigenvalue weighted by Crippen LogP contribution is 2.27. The van der Waals surface area contributed by atoms with Gasteiger partial charge < -0.3 is 0 Å². The third kappa shape index (κ3) is 2.56. The molecule has 18 heavy (non-hydrogen) atoms. The summed E-state index contributed by atoms with van der Waals surface area (Å²) in [5.74, 6) is 5.61. The third-order valence-electron chi connectivity index (χ3n) is 2.90. The van der Waals surface area contributed by atoms with Crippen molar-refractivity contribution in [2.75, 3.05) is 0 Å². The molecule has 0 saturated heterocycles. The van der Waals surface area contributed by atoms with Gasteiger partial charge in [-0.05, 0) is 6.42 Å². The fraction of sp³-hybridized carbons (Fsp3) is 0.455. The normalized spacial score (nSPS) is 12.9. The molecule has 0 spiro atoms. The van der Waals surface area contributed by atoms with Gasteiger partial charge in [0.15, 0.2) is 0 Å². The number of nitrogens with two attached hydrogens (primary N) is 1. The topological polar surface area (TPSA) is 68.8 Å². The maximum absolute atomic E-state index is 6.33. The molecule has 0 fully saturated rings. The monoisotopic (exact) mass is 285 g/mol. The van der Waals surface area contributed by atoms with Crippen LogP contribution in [0.2, 0.25) is 5.02 Å². The van der Waals surface area contributed by atoms with Crippen LogP contribution in [-0.2, 0) is 19.9 Å². The van der Waals surface area contributed by atoms with Crippen LogP contribution in [0.1, 0.15) is 29.2 Å². The van der Waals surface area contributed by atoms with Gasteiger partial charge in [-0.1, -0.05) is 18.5 Å². The lowest BCUT2D eigenvalue weighted by Crippen LogP contribution is -2.29. The van der Waals surface area contributed by atoms with E-state index >= 15 is 0 Å². The Kier molecular flexibility index (Phi) is 4.34. The third-order valence-corrected chi connectivity index (χ3v) is 4.22. The van der Waals surface area contributed by atoms with Crippen LogP contribution in [0, 0.1) is 0 Å². The Morgan fingerprint density at radius 1 is 1.61 bits per heavy atom. The molecule has 2 aromatic rings. The van der Waals surface area contributed by atoms with E-state index in [1.54, 1.807) is 16.8 Å². The number of aromatic nitrogens is 3. The average Bonchev–Trinajstić information content (AvgIpc) is 2.97. The molecule has 7 heteroatoms. The number of hydrogen-bond donors (Lipinski definition) is 2. The van der Waals surface area contributed by atoms with Gasteiger partial charge in [0.05, 0.1) is 28.0 Å². The first-order valence-electron chi connectivity index (χ1n) is 5.72. The molecule has 0 aliphatic carbocycles. The Hall–Kier alpha value is -0.950. The Balaban J connectivity index is 2.25. The summed E-state index contributed by atoms with van der Waals surface area (Å²) in [6, 6.07) is 0.00936. The first kappa shape index (κ1) is 13.5. The minimum absolute atomic E-state index is 0.00936. The second kappa shape index (κ2) is 5.79. The fourth-order valence-electron chi connectivity index (χ4n) is 1.87. The maximum atomic E-state index is 6.33. The number of thiazole rings is 1. The number of rotatable bonds is 5. The molecule has 0 aliphatic heterocycles. The van der Waals surface area contributed by atoms with E-state index in [9.17, 15) is 0 Å². The van der Waals surface area contributed by atoms with Crippen LogP contribution in [0.5, 0.6) is 0 Å². The zero-order chi connectivity index (χ0) is 13.1. The van der Waals surface area contributed by atoms with E-state index in [1.165, 1.54) is 0 Å². The van der Waals surface area contributed by atoms with Crippen LogP contribution in [0.15, 0.2) is 11.7 Å². The van der Waals surface area contributed by atoms with Gasteiger partial charge in [-0.2, -0.15) is 5.10 Å². The molecule has 0 saturated carbocycles. The van der Waals surface area contributed by atoms with Crippen LogP contribution in [0.25, 0.3) is 0 Å². The number of hydrogen-bond acceptors (Lipinski definition) is 5. The van der Waals surface area contributed by atoms with Crippen molar-refractivity contribution < 1.29 is 0 Å². The van der Waals surface area contributed by atoms with Gasteiger partial charge in [0.2, 0.25) is 0 Å². The van der Waals surface area contributed by atoms with Crippen molar-refractivity contribution >= 4 is 22.9 Å². The summed E-state index contributed by atoms with van der Waals surface area (Å²) >= 11 is 7.90. The highest BCUT2D eigenvalue weighted by molar-refractivity contribution is 7.09. The van der Waals surface area contributed by atoms with Gasteiger partial charge in [-0.25, -0.2) is 0 Å². The van der Waals surface area contributed by atoms with E-state index in [0.29, 0.717) is 6.42 Å². The van der Waals surface area contributed by atoms with Gasteiger partial charge in [0.1, 0.15) is 0 Å². The Bertz CT molecular complexity index is 508. The summed E-state index contributed by atoms with van der Waals surface area (Å²) in [4.78, 5) is 5.16. The standard InChI is InChI=1S/C11H16ClN5S/c1-3-7-11(12)9(17(2)16-7)4-8(15-13)10-5-14-6-18-10/h5-6,8,15H,3-4,13H2,1-2H3. The van der Waals surface area contributed by atoms with Crippen molar-refractivity contribution in [3.63, 3.8) is 0 Å². The number of aryl methyl sites for hydroxylation is 2. The second-order valence-corrected chi connectivity index (χ2v) is 5.31. The van der Waals surface area contributed by atoms with E-state index < -0.39 is 0 Å². The van der Waals surface area contributed by atoms with Crippen molar-refractivity contribution in [3.05, 3.63) is 33.0 Å². The molecule has 2 aromatic heterocycles. The molecule has 2 rings (SSSR count). The molecule has 1 unspecified atom stereocenters. The predicted molar refractivity (Wildman–Crippen MR) is 73.5 cm³/mol. The van der Waals surface area contributed by atoms with Gasteiger partial charge in [0.25, 0.3) is 0 Å². The lowest BCUT2D eigenvalue weighted by Gasteiger charge is -2.14. The first-order valence-corrected chi connectivity index (χ1v) is 6.97. The zero-order valence-electron chi connectivity index (χ0n) is 10.4. The van der Waals surface area contributed by atoms with Crippen LogP contribution >= 0.6 is 22.9 Å². The van der Waals surface area contributed by atoms with Crippen LogP contribution < -0.4 is 11.3 Å². The molecule has 3 N–H and O–H groups in total. The molecule has 5 nitrogen and oxygen atoms in total. The fourth-order valence-corrected chi connectivity index (χ4v) is 2.93. The van der Waals surface area contributed by atoms with E-state index in [0.717, 1.165) is 27.7 Å². The lowest BCUT2D eigenvalue weighted by atomic mass is 10.1. The Morgan fingerprint density at radius 3 is 2.89 bits per heavy atom. The highest BCUT2D eigenvalue weighted by atomic mass is 35.5. The molecule has 0 bridgehead atoms. The molecule has 0 radical (unpaired) electrons. The predicted octanol–water partition coefficient (Wildman–Crippen LogP) is 1.84. The number of nitrogens with one attached hydrogen (secondary N) is 1. The van der Waals surface area contributed by atoms with E-state index in [2.05, 4.69) is 15.5 Å². The minimum atomic E-state index is 0.00936. The number of halogens is 1. The Morgan fingerprint density at radius 2 is 2.39 bits per heavy atom. The van der Waals surface area contributed by atoms with E-state index in [-0.39, 0.29) is 6.04 Å². The van der Waals surface area contributed by atoms with Crippen LogP contribution in [-0.4, -0.2) is 14.8 Å². The quantitative estimate of drug-likeness (QED) is 0.650.